The topological polar surface area (TPSA) is 0 Å². The van der Waals surface area contributed by atoms with Gasteiger partial charge in [0.05, 0.1) is 0 Å². The van der Waals surface area contributed by atoms with Crippen molar-refractivity contribution in [2.75, 3.05) is 0 Å². The van der Waals surface area contributed by atoms with Gasteiger partial charge in [0.25, 0.3) is 0 Å². The van der Waals surface area contributed by atoms with Gasteiger partial charge in [-0.05, 0) is 65.3 Å². The van der Waals surface area contributed by atoms with Crippen molar-refractivity contribution in [3.8, 4) is 0 Å². The summed E-state index contributed by atoms with van der Waals surface area (Å²) in [5, 5.41) is 0. The first-order valence-corrected chi connectivity index (χ1v) is 9.48. The molecule has 0 saturated carbocycles. The molecule has 0 nitrogen and oxygen atoms in total. The Balaban J connectivity index is 0.000000758. The molecule has 0 amide bonds. The van der Waals surface area contributed by atoms with E-state index >= 15 is 0 Å². The standard InChI is InChI=1S/C20H18F2S.C3H8/c1-12-3-6-18(14-5-4-13(2)20(23)10-14)19(7-12)15-8-16(21)11-17(22)9-15;1-3-2/h3-6,8-12,23H,7H2,1-2H3;3H2,1-2H3. The fraction of sp³-hybridized carbons (Fsp3) is 0.304. The molecular weight excluding hydrogens is 346 g/mol. The molecule has 2 aromatic carbocycles. The lowest BCUT2D eigenvalue weighted by Gasteiger charge is -2.21. The Labute approximate surface area is 161 Å². The third-order valence-corrected chi connectivity index (χ3v) is 4.66. The number of hydrogen-bond donors (Lipinski definition) is 1. The molecule has 1 aliphatic rings. The van der Waals surface area contributed by atoms with Crippen LogP contribution in [-0.4, -0.2) is 0 Å². The third kappa shape index (κ3) is 5.07. The quantitative estimate of drug-likeness (QED) is 0.519. The highest BCUT2D eigenvalue weighted by Crippen LogP contribution is 2.37. The van der Waals surface area contributed by atoms with E-state index in [1.165, 1.54) is 18.6 Å². The van der Waals surface area contributed by atoms with Crippen molar-refractivity contribution < 1.29 is 8.78 Å². The lowest BCUT2D eigenvalue weighted by atomic mass is 9.83. The van der Waals surface area contributed by atoms with Gasteiger partial charge in [0.15, 0.2) is 0 Å². The molecule has 0 radical (unpaired) electrons. The first-order valence-electron chi connectivity index (χ1n) is 9.03. The van der Waals surface area contributed by atoms with Crippen LogP contribution >= 0.6 is 12.6 Å². The zero-order chi connectivity index (χ0) is 19.3. The Bertz CT molecular complexity index is 814. The maximum atomic E-state index is 13.6. The van der Waals surface area contributed by atoms with E-state index < -0.39 is 11.6 Å². The molecule has 0 fully saturated rings. The SMILES string of the molecule is CCC.Cc1ccc(C2=C(c3cc(F)cc(F)c3)CC(C)C=C2)cc1S. The molecule has 0 saturated heterocycles. The molecule has 26 heavy (non-hydrogen) atoms. The van der Waals surface area contributed by atoms with Crippen LogP contribution in [0.15, 0.2) is 53.4 Å². The summed E-state index contributed by atoms with van der Waals surface area (Å²) in [6.07, 6.45) is 6.18. The smallest absolute Gasteiger partial charge is 0.126 e. The van der Waals surface area contributed by atoms with Crippen LogP contribution in [0.3, 0.4) is 0 Å². The zero-order valence-electron chi connectivity index (χ0n) is 15.8. The zero-order valence-corrected chi connectivity index (χ0v) is 16.7. The Morgan fingerprint density at radius 3 is 2.19 bits per heavy atom. The van der Waals surface area contributed by atoms with Crippen molar-refractivity contribution in [3.05, 3.63) is 76.9 Å². The minimum Gasteiger partial charge on any atom is -0.207 e. The summed E-state index contributed by atoms with van der Waals surface area (Å²) in [6.45, 7) is 8.35. The molecule has 1 aliphatic carbocycles. The molecule has 0 bridgehead atoms. The predicted molar refractivity (Wildman–Crippen MR) is 110 cm³/mol. The summed E-state index contributed by atoms with van der Waals surface area (Å²) >= 11 is 4.49. The highest BCUT2D eigenvalue weighted by atomic mass is 32.1. The van der Waals surface area contributed by atoms with Gasteiger partial charge in [-0.3, -0.25) is 0 Å². The molecule has 138 valence electrons. The number of benzene rings is 2. The van der Waals surface area contributed by atoms with E-state index in [-0.39, 0.29) is 0 Å². The van der Waals surface area contributed by atoms with Crippen molar-refractivity contribution in [1.82, 2.24) is 0 Å². The second-order valence-electron chi connectivity index (χ2n) is 6.80. The molecule has 0 aliphatic heterocycles. The molecular formula is C23H26F2S. The van der Waals surface area contributed by atoms with Gasteiger partial charge < -0.3 is 0 Å². The first-order chi connectivity index (χ1) is 12.3. The lowest BCUT2D eigenvalue weighted by molar-refractivity contribution is 0.582. The van der Waals surface area contributed by atoms with E-state index in [4.69, 9.17) is 0 Å². The van der Waals surface area contributed by atoms with Gasteiger partial charge >= 0.3 is 0 Å². The first kappa shape index (κ1) is 20.4. The summed E-state index contributed by atoms with van der Waals surface area (Å²) in [7, 11) is 0. The van der Waals surface area contributed by atoms with Crippen LogP contribution in [0.1, 0.15) is 50.3 Å². The van der Waals surface area contributed by atoms with Crippen molar-refractivity contribution in [3.63, 3.8) is 0 Å². The Hall–Kier alpha value is -1.87. The molecule has 0 aromatic heterocycles. The molecule has 3 heteroatoms. The van der Waals surface area contributed by atoms with Gasteiger partial charge in [0.1, 0.15) is 11.6 Å². The van der Waals surface area contributed by atoms with Gasteiger partial charge in [0.2, 0.25) is 0 Å². The normalized spacial score (nSPS) is 16.3. The average Bonchev–Trinajstić information content (AvgIpc) is 2.57. The maximum Gasteiger partial charge on any atom is 0.126 e. The van der Waals surface area contributed by atoms with Gasteiger partial charge in [-0.25, -0.2) is 8.78 Å². The number of aryl methyl sites for hydroxylation is 1. The summed E-state index contributed by atoms with van der Waals surface area (Å²) in [6, 6.07) is 9.76. The van der Waals surface area contributed by atoms with E-state index in [9.17, 15) is 8.78 Å². The van der Waals surface area contributed by atoms with Gasteiger partial charge in [0, 0.05) is 11.0 Å². The maximum absolute atomic E-state index is 13.6. The van der Waals surface area contributed by atoms with Crippen LogP contribution < -0.4 is 0 Å². The van der Waals surface area contributed by atoms with E-state index in [0.29, 0.717) is 11.5 Å². The van der Waals surface area contributed by atoms with E-state index in [1.807, 2.05) is 31.2 Å². The number of rotatable bonds is 2. The Morgan fingerprint density at radius 2 is 1.62 bits per heavy atom. The molecule has 0 spiro atoms. The van der Waals surface area contributed by atoms with E-state index in [1.54, 1.807) is 0 Å². The number of halogens is 2. The fourth-order valence-corrected chi connectivity index (χ4v) is 3.12. The van der Waals surface area contributed by atoms with Crippen molar-refractivity contribution >= 4 is 23.8 Å². The number of hydrogen-bond acceptors (Lipinski definition) is 1. The number of allylic oxidation sites excluding steroid dienone is 4. The van der Waals surface area contributed by atoms with Crippen molar-refractivity contribution in [2.45, 2.75) is 45.4 Å². The van der Waals surface area contributed by atoms with E-state index in [2.05, 4.69) is 39.5 Å². The monoisotopic (exact) mass is 372 g/mol. The molecule has 2 aromatic rings. The number of thiol groups is 1. The van der Waals surface area contributed by atoms with Gasteiger partial charge in [-0.15, -0.1) is 12.6 Å². The predicted octanol–water partition coefficient (Wildman–Crippen LogP) is 7.49. The van der Waals surface area contributed by atoms with Gasteiger partial charge in [-0.2, -0.15) is 0 Å². The summed E-state index contributed by atoms with van der Waals surface area (Å²) in [5.41, 5.74) is 4.70. The summed E-state index contributed by atoms with van der Waals surface area (Å²) in [5.74, 6) is -0.762. The average molecular weight is 373 g/mol. The largest absolute Gasteiger partial charge is 0.207 e. The van der Waals surface area contributed by atoms with Crippen LogP contribution in [0.2, 0.25) is 0 Å². The van der Waals surface area contributed by atoms with E-state index in [0.717, 1.165) is 39.7 Å². The third-order valence-electron chi connectivity index (χ3n) is 4.17. The molecule has 3 rings (SSSR count). The summed E-state index contributed by atoms with van der Waals surface area (Å²) < 4.78 is 27.3. The minimum atomic E-state index is -0.548. The molecule has 0 heterocycles. The highest BCUT2D eigenvalue weighted by Gasteiger charge is 2.18. The lowest BCUT2D eigenvalue weighted by Crippen LogP contribution is -2.03. The molecule has 1 unspecified atom stereocenters. The van der Waals surface area contributed by atoms with Crippen LogP contribution in [0.4, 0.5) is 8.78 Å². The van der Waals surface area contributed by atoms with Crippen LogP contribution in [0.5, 0.6) is 0 Å². The van der Waals surface area contributed by atoms with Crippen LogP contribution in [-0.2, 0) is 0 Å². The highest BCUT2D eigenvalue weighted by molar-refractivity contribution is 7.80. The Kier molecular flexibility index (Phi) is 7.22. The second kappa shape index (κ2) is 9.18. The molecule has 0 N–H and O–H groups in total. The molecule has 1 atom stereocenters. The van der Waals surface area contributed by atoms with Gasteiger partial charge in [-0.1, -0.05) is 51.5 Å². The van der Waals surface area contributed by atoms with Crippen LogP contribution in [0.25, 0.3) is 11.1 Å². The Morgan fingerprint density at radius 1 is 1.00 bits per heavy atom. The fourth-order valence-electron chi connectivity index (χ4n) is 2.91. The summed E-state index contributed by atoms with van der Waals surface area (Å²) in [4.78, 5) is 0.909. The van der Waals surface area contributed by atoms with Crippen LogP contribution in [0, 0.1) is 24.5 Å². The van der Waals surface area contributed by atoms with Crippen molar-refractivity contribution in [1.29, 1.82) is 0 Å². The minimum absolute atomic E-state index is 0.334. The van der Waals surface area contributed by atoms with Crippen molar-refractivity contribution in [2.24, 2.45) is 5.92 Å². The second-order valence-corrected chi connectivity index (χ2v) is 7.28.